The van der Waals surface area contributed by atoms with Crippen molar-refractivity contribution in [3.8, 4) is 0 Å². The van der Waals surface area contributed by atoms with Gasteiger partial charge in [-0.05, 0) is 25.5 Å². The van der Waals surface area contributed by atoms with Gasteiger partial charge in [-0.3, -0.25) is 9.48 Å². The van der Waals surface area contributed by atoms with Crippen LogP contribution in [0, 0.1) is 0 Å². The molecule has 1 aromatic rings. The number of carbonyl (C=O) groups excluding carboxylic acids is 1. The fraction of sp³-hybridized carbons (Fsp3) is 0.600. The van der Waals surface area contributed by atoms with Gasteiger partial charge in [0, 0.05) is 7.05 Å². The number of aromatic nitrogens is 2. The number of hydrogen-bond acceptors (Lipinski definition) is 3. The zero-order chi connectivity index (χ0) is 10.8. The Bertz CT molecular complexity index is 365. The summed E-state index contributed by atoms with van der Waals surface area (Å²) in [6, 6.07) is 2.06. The number of piperidine rings is 1. The van der Waals surface area contributed by atoms with Crippen molar-refractivity contribution in [2.45, 2.75) is 25.3 Å². The van der Waals surface area contributed by atoms with Gasteiger partial charge in [0.1, 0.15) is 5.69 Å². The summed E-state index contributed by atoms with van der Waals surface area (Å²) in [4.78, 5) is 11.1. The van der Waals surface area contributed by atoms with Crippen molar-refractivity contribution in [2.24, 2.45) is 12.8 Å². The number of hydrogen-bond donors (Lipinski definition) is 2. The van der Waals surface area contributed by atoms with Gasteiger partial charge in [-0.2, -0.15) is 5.10 Å². The van der Waals surface area contributed by atoms with Crippen molar-refractivity contribution in [1.82, 2.24) is 15.1 Å². The van der Waals surface area contributed by atoms with Gasteiger partial charge in [0.15, 0.2) is 0 Å². The molecule has 0 saturated carbocycles. The molecule has 82 valence electrons. The first kappa shape index (κ1) is 10.2. The van der Waals surface area contributed by atoms with Gasteiger partial charge in [-0.1, -0.05) is 6.42 Å². The quantitative estimate of drug-likeness (QED) is 0.735. The van der Waals surface area contributed by atoms with Crippen molar-refractivity contribution in [3.63, 3.8) is 0 Å². The first-order chi connectivity index (χ1) is 7.18. The second-order valence-corrected chi connectivity index (χ2v) is 3.94. The maximum atomic E-state index is 11.1. The third-order valence-corrected chi connectivity index (χ3v) is 2.82. The van der Waals surface area contributed by atoms with Crippen LogP contribution < -0.4 is 11.1 Å². The monoisotopic (exact) mass is 208 g/mol. The lowest BCUT2D eigenvalue weighted by atomic mass is 10.0. The number of nitrogens with one attached hydrogen (secondary N) is 1. The van der Waals surface area contributed by atoms with E-state index in [0.29, 0.717) is 5.69 Å². The summed E-state index contributed by atoms with van der Waals surface area (Å²) in [6.45, 7) is 1.02. The maximum Gasteiger partial charge on any atom is 0.266 e. The molecule has 15 heavy (non-hydrogen) atoms. The molecule has 1 unspecified atom stereocenters. The summed E-state index contributed by atoms with van der Waals surface area (Å²) in [5.41, 5.74) is 6.63. The van der Waals surface area contributed by atoms with Crippen LogP contribution in [0.2, 0.25) is 0 Å². The average molecular weight is 208 g/mol. The molecule has 0 radical (unpaired) electrons. The summed E-state index contributed by atoms with van der Waals surface area (Å²) >= 11 is 0. The summed E-state index contributed by atoms with van der Waals surface area (Å²) in [5.74, 6) is -0.424. The van der Waals surface area contributed by atoms with Crippen LogP contribution in [-0.2, 0) is 7.05 Å². The first-order valence-corrected chi connectivity index (χ1v) is 5.25. The molecule has 1 aromatic heterocycles. The van der Waals surface area contributed by atoms with E-state index >= 15 is 0 Å². The normalized spacial score (nSPS) is 21.5. The average Bonchev–Trinajstić information content (AvgIpc) is 2.62. The minimum atomic E-state index is -0.424. The molecular weight excluding hydrogens is 192 g/mol. The van der Waals surface area contributed by atoms with E-state index in [4.69, 9.17) is 5.73 Å². The van der Waals surface area contributed by atoms with Gasteiger partial charge in [-0.15, -0.1) is 0 Å². The Morgan fingerprint density at radius 2 is 2.47 bits per heavy atom. The standard InChI is InChI=1S/C10H16N4O/c1-14-9(10(11)15)6-8(13-14)7-4-2-3-5-12-7/h6-7,12H,2-5H2,1H3,(H2,11,15). The Morgan fingerprint density at radius 3 is 3.00 bits per heavy atom. The largest absolute Gasteiger partial charge is 0.364 e. The molecule has 2 rings (SSSR count). The molecule has 5 heteroatoms. The van der Waals surface area contributed by atoms with Crippen LogP contribution in [-0.4, -0.2) is 22.2 Å². The molecule has 0 spiro atoms. The highest BCUT2D eigenvalue weighted by molar-refractivity contribution is 5.91. The number of primary amides is 1. The van der Waals surface area contributed by atoms with Crippen LogP contribution in [0.4, 0.5) is 0 Å². The van der Waals surface area contributed by atoms with Gasteiger partial charge in [-0.25, -0.2) is 0 Å². The summed E-state index contributed by atoms with van der Waals surface area (Å²) < 4.78 is 1.55. The highest BCUT2D eigenvalue weighted by Gasteiger charge is 2.19. The lowest BCUT2D eigenvalue weighted by Gasteiger charge is -2.21. The highest BCUT2D eigenvalue weighted by Crippen LogP contribution is 2.22. The minimum Gasteiger partial charge on any atom is -0.364 e. The molecule has 1 fully saturated rings. The van der Waals surface area contributed by atoms with Crippen LogP contribution >= 0.6 is 0 Å². The second-order valence-electron chi connectivity index (χ2n) is 3.94. The Balaban J connectivity index is 2.21. The first-order valence-electron chi connectivity index (χ1n) is 5.25. The van der Waals surface area contributed by atoms with Gasteiger partial charge >= 0.3 is 0 Å². The van der Waals surface area contributed by atoms with Crippen molar-refractivity contribution < 1.29 is 4.79 Å². The van der Waals surface area contributed by atoms with E-state index in [0.717, 1.165) is 18.7 Å². The van der Waals surface area contributed by atoms with E-state index in [1.54, 1.807) is 17.8 Å². The van der Waals surface area contributed by atoms with Crippen molar-refractivity contribution in [1.29, 1.82) is 0 Å². The molecule has 5 nitrogen and oxygen atoms in total. The van der Waals surface area contributed by atoms with E-state index in [9.17, 15) is 4.79 Å². The zero-order valence-corrected chi connectivity index (χ0v) is 8.86. The molecular formula is C10H16N4O. The predicted octanol–water partition coefficient (Wildman–Crippen LogP) is 0.334. The van der Waals surface area contributed by atoms with Crippen LogP contribution in [0.25, 0.3) is 0 Å². The molecule has 1 saturated heterocycles. The summed E-state index contributed by atoms with van der Waals surface area (Å²) in [6.07, 6.45) is 3.50. The molecule has 0 aliphatic carbocycles. The number of aryl methyl sites for hydroxylation is 1. The Kier molecular flexibility index (Phi) is 2.73. The molecule has 1 aliphatic rings. The Morgan fingerprint density at radius 1 is 1.67 bits per heavy atom. The lowest BCUT2D eigenvalue weighted by molar-refractivity contribution is 0.0991. The summed E-state index contributed by atoms with van der Waals surface area (Å²) in [5, 5.41) is 7.70. The van der Waals surface area contributed by atoms with Gasteiger partial charge < -0.3 is 11.1 Å². The highest BCUT2D eigenvalue weighted by atomic mass is 16.1. The summed E-state index contributed by atoms with van der Waals surface area (Å²) in [7, 11) is 1.74. The molecule has 1 aliphatic heterocycles. The molecule has 1 amide bonds. The van der Waals surface area contributed by atoms with Crippen LogP contribution in [0.15, 0.2) is 6.07 Å². The van der Waals surface area contributed by atoms with Crippen molar-refractivity contribution >= 4 is 5.91 Å². The van der Waals surface area contributed by atoms with E-state index in [-0.39, 0.29) is 6.04 Å². The topological polar surface area (TPSA) is 72.9 Å². The third-order valence-electron chi connectivity index (χ3n) is 2.82. The van der Waals surface area contributed by atoms with Crippen molar-refractivity contribution in [3.05, 3.63) is 17.5 Å². The van der Waals surface area contributed by atoms with Gasteiger partial charge in [0.2, 0.25) is 0 Å². The molecule has 0 aromatic carbocycles. The van der Waals surface area contributed by atoms with Gasteiger partial charge in [0.05, 0.1) is 11.7 Å². The van der Waals surface area contributed by atoms with E-state index < -0.39 is 5.91 Å². The van der Waals surface area contributed by atoms with Crippen LogP contribution in [0.1, 0.15) is 41.5 Å². The number of nitrogens with zero attached hydrogens (tertiary/aromatic N) is 2. The van der Waals surface area contributed by atoms with E-state index in [2.05, 4.69) is 10.4 Å². The Labute approximate surface area is 88.6 Å². The van der Waals surface area contributed by atoms with Crippen LogP contribution in [0.5, 0.6) is 0 Å². The number of nitrogens with two attached hydrogens (primary N) is 1. The molecule has 0 bridgehead atoms. The number of carbonyl (C=O) groups is 1. The molecule has 1 atom stereocenters. The fourth-order valence-electron chi connectivity index (χ4n) is 1.99. The predicted molar refractivity (Wildman–Crippen MR) is 56.3 cm³/mol. The minimum absolute atomic E-state index is 0.276. The zero-order valence-electron chi connectivity index (χ0n) is 8.86. The third kappa shape index (κ3) is 2.02. The molecule has 2 heterocycles. The maximum absolute atomic E-state index is 11.1. The van der Waals surface area contributed by atoms with Crippen LogP contribution in [0.3, 0.4) is 0 Å². The Hall–Kier alpha value is -1.36. The SMILES string of the molecule is Cn1nc(C2CCCCN2)cc1C(N)=O. The van der Waals surface area contributed by atoms with E-state index in [1.165, 1.54) is 12.8 Å². The van der Waals surface area contributed by atoms with E-state index in [1.807, 2.05) is 0 Å². The second kappa shape index (κ2) is 4.02. The fourth-order valence-corrected chi connectivity index (χ4v) is 1.99. The van der Waals surface area contributed by atoms with Gasteiger partial charge in [0.25, 0.3) is 5.91 Å². The number of amides is 1. The molecule has 3 N–H and O–H groups in total. The lowest BCUT2D eigenvalue weighted by Crippen LogP contribution is -2.27. The number of rotatable bonds is 2. The van der Waals surface area contributed by atoms with Crippen molar-refractivity contribution in [2.75, 3.05) is 6.54 Å². The smallest absolute Gasteiger partial charge is 0.266 e.